The molecule has 118 valence electrons. The number of rotatable bonds is 3. The second-order valence-corrected chi connectivity index (χ2v) is 8.33. The van der Waals surface area contributed by atoms with Gasteiger partial charge in [-0.15, -0.1) is 0 Å². The van der Waals surface area contributed by atoms with Crippen molar-refractivity contribution < 1.29 is 4.21 Å². The molecule has 0 radical (unpaired) electrons. The number of nitrogens with zero attached hydrogens (tertiary/aromatic N) is 2. The summed E-state index contributed by atoms with van der Waals surface area (Å²) in [5.74, 6) is 4.17. The van der Waals surface area contributed by atoms with Crippen LogP contribution in [0.4, 0.5) is 11.6 Å². The lowest BCUT2D eigenvalue weighted by atomic mass is 9.95. The molecule has 1 fully saturated rings. The van der Waals surface area contributed by atoms with Gasteiger partial charge in [0.15, 0.2) is 0 Å². The third-order valence-corrected chi connectivity index (χ3v) is 5.16. The fraction of sp³-hybridized carbons (Fsp3) is 0.733. The first kappa shape index (κ1) is 16.2. The van der Waals surface area contributed by atoms with Gasteiger partial charge >= 0.3 is 0 Å². The Morgan fingerprint density at radius 2 is 1.71 bits per heavy atom. The lowest BCUT2D eigenvalue weighted by Gasteiger charge is -2.26. The summed E-state index contributed by atoms with van der Waals surface area (Å²) in [7, 11) is 1.25. The van der Waals surface area contributed by atoms with E-state index < -0.39 is 10.8 Å². The van der Waals surface area contributed by atoms with E-state index in [0.29, 0.717) is 6.04 Å². The van der Waals surface area contributed by atoms with Gasteiger partial charge in [0.25, 0.3) is 0 Å². The van der Waals surface area contributed by atoms with E-state index in [1.54, 1.807) is 0 Å². The summed E-state index contributed by atoms with van der Waals surface area (Å²) in [5, 5.41) is 6.68. The smallest absolute Gasteiger partial charge is 0.138 e. The lowest BCUT2D eigenvalue weighted by molar-refractivity contribution is 0.544. The van der Waals surface area contributed by atoms with Crippen molar-refractivity contribution in [3.8, 4) is 0 Å². The van der Waals surface area contributed by atoms with Crippen LogP contribution in [0.25, 0.3) is 0 Å². The average molecular weight is 310 g/mol. The minimum absolute atomic E-state index is 0.0935. The maximum absolute atomic E-state index is 11.5. The number of hydrogen-bond acceptors (Lipinski definition) is 5. The molecule has 0 aromatic carbocycles. The van der Waals surface area contributed by atoms with Crippen molar-refractivity contribution >= 4 is 22.4 Å². The molecule has 21 heavy (non-hydrogen) atoms. The molecular weight excluding hydrogens is 284 g/mol. The van der Waals surface area contributed by atoms with E-state index in [1.165, 1.54) is 0 Å². The molecule has 0 atom stereocenters. The highest BCUT2D eigenvalue weighted by Crippen LogP contribution is 2.27. The molecule has 1 saturated heterocycles. The highest BCUT2D eigenvalue weighted by molar-refractivity contribution is 7.85. The Labute approximate surface area is 129 Å². The van der Waals surface area contributed by atoms with Gasteiger partial charge in [-0.3, -0.25) is 4.21 Å². The Morgan fingerprint density at radius 3 is 2.24 bits per heavy atom. The van der Waals surface area contributed by atoms with Crippen molar-refractivity contribution in [3.63, 3.8) is 0 Å². The topological polar surface area (TPSA) is 66.9 Å². The molecule has 5 nitrogen and oxygen atoms in total. The first-order valence-electron chi connectivity index (χ1n) is 7.49. The van der Waals surface area contributed by atoms with E-state index in [1.807, 2.05) is 14.0 Å². The summed E-state index contributed by atoms with van der Waals surface area (Å²) in [4.78, 5) is 9.34. The van der Waals surface area contributed by atoms with Crippen LogP contribution in [0.5, 0.6) is 0 Å². The largest absolute Gasteiger partial charge is 0.373 e. The zero-order chi connectivity index (χ0) is 15.6. The predicted octanol–water partition coefficient (Wildman–Crippen LogP) is 2.45. The molecular formula is C15H26N4OS. The summed E-state index contributed by atoms with van der Waals surface area (Å²) in [6, 6.07) is 0.355. The van der Waals surface area contributed by atoms with Gasteiger partial charge in [-0.05, 0) is 19.8 Å². The van der Waals surface area contributed by atoms with Crippen LogP contribution in [0.15, 0.2) is 0 Å². The SMILES string of the molecule is CNc1nc(C(C)(C)C)nc(NC2CCS(=O)CC2)c1C. The Balaban J connectivity index is 2.27. The Kier molecular flexibility index (Phi) is 4.86. The quantitative estimate of drug-likeness (QED) is 0.897. The summed E-state index contributed by atoms with van der Waals surface area (Å²) in [6.07, 6.45) is 1.88. The molecule has 1 aromatic heterocycles. The lowest BCUT2D eigenvalue weighted by Crippen LogP contribution is -2.30. The van der Waals surface area contributed by atoms with E-state index in [9.17, 15) is 4.21 Å². The maximum Gasteiger partial charge on any atom is 0.138 e. The molecule has 0 aliphatic carbocycles. The van der Waals surface area contributed by atoms with Crippen LogP contribution in [0, 0.1) is 6.92 Å². The van der Waals surface area contributed by atoms with E-state index in [2.05, 4.69) is 36.4 Å². The van der Waals surface area contributed by atoms with E-state index in [0.717, 1.165) is 47.4 Å². The second kappa shape index (κ2) is 6.30. The van der Waals surface area contributed by atoms with Crippen LogP contribution in [-0.4, -0.2) is 38.8 Å². The van der Waals surface area contributed by atoms with Crippen LogP contribution >= 0.6 is 0 Å². The van der Waals surface area contributed by atoms with Gasteiger partial charge in [-0.1, -0.05) is 20.8 Å². The molecule has 1 aliphatic rings. The molecule has 2 heterocycles. The van der Waals surface area contributed by atoms with E-state index >= 15 is 0 Å². The van der Waals surface area contributed by atoms with E-state index in [4.69, 9.17) is 4.98 Å². The molecule has 2 N–H and O–H groups in total. The van der Waals surface area contributed by atoms with Crippen molar-refractivity contribution in [1.82, 2.24) is 9.97 Å². The van der Waals surface area contributed by atoms with Crippen molar-refractivity contribution in [2.24, 2.45) is 0 Å². The van der Waals surface area contributed by atoms with Crippen LogP contribution in [0.1, 0.15) is 45.0 Å². The number of hydrogen-bond donors (Lipinski definition) is 2. The molecule has 0 spiro atoms. The molecule has 0 unspecified atom stereocenters. The molecule has 6 heteroatoms. The van der Waals surface area contributed by atoms with Crippen LogP contribution in [-0.2, 0) is 16.2 Å². The number of aromatic nitrogens is 2. The monoisotopic (exact) mass is 310 g/mol. The molecule has 0 bridgehead atoms. The van der Waals surface area contributed by atoms with Gasteiger partial charge < -0.3 is 10.6 Å². The van der Waals surface area contributed by atoms with Gasteiger partial charge in [0.05, 0.1) is 0 Å². The van der Waals surface area contributed by atoms with Crippen LogP contribution in [0.2, 0.25) is 0 Å². The van der Waals surface area contributed by atoms with Crippen LogP contribution < -0.4 is 10.6 Å². The van der Waals surface area contributed by atoms with Gasteiger partial charge in [-0.25, -0.2) is 9.97 Å². The third kappa shape index (κ3) is 3.93. The molecule has 0 amide bonds. The fourth-order valence-corrected chi connectivity index (χ4v) is 3.67. The van der Waals surface area contributed by atoms with Crippen molar-refractivity contribution in [1.29, 1.82) is 0 Å². The van der Waals surface area contributed by atoms with E-state index in [-0.39, 0.29) is 5.41 Å². The van der Waals surface area contributed by atoms with Gasteiger partial charge in [-0.2, -0.15) is 0 Å². The molecule has 0 saturated carbocycles. The molecule has 1 aromatic rings. The Morgan fingerprint density at radius 1 is 1.14 bits per heavy atom. The summed E-state index contributed by atoms with van der Waals surface area (Å²) < 4.78 is 11.5. The molecule has 1 aliphatic heterocycles. The van der Waals surface area contributed by atoms with Gasteiger partial charge in [0.2, 0.25) is 0 Å². The van der Waals surface area contributed by atoms with Gasteiger partial charge in [0.1, 0.15) is 17.5 Å². The maximum atomic E-state index is 11.5. The molecule has 2 rings (SSSR count). The van der Waals surface area contributed by atoms with Crippen molar-refractivity contribution in [2.75, 3.05) is 29.2 Å². The Bertz CT molecular complexity index is 529. The zero-order valence-corrected chi connectivity index (χ0v) is 14.4. The summed E-state index contributed by atoms with van der Waals surface area (Å²) >= 11 is 0. The highest BCUT2D eigenvalue weighted by atomic mass is 32.2. The second-order valence-electron chi connectivity index (χ2n) is 6.64. The zero-order valence-electron chi connectivity index (χ0n) is 13.6. The van der Waals surface area contributed by atoms with Gasteiger partial charge in [0, 0.05) is 46.4 Å². The normalized spacial score (nSPS) is 22.9. The minimum Gasteiger partial charge on any atom is -0.373 e. The first-order chi connectivity index (χ1) is 9.81. The number of nitrogens with one attached hydrogen (secondary N) is 2. The third-order valence-electron chi connectivity index (χ3n) is 3.78. The predicted molar refractivity (Wildman–Crippen MR) is 89.5 cm³/mol. The fourth-order valence-electron chi connectivity index (χ4n) is 2.37. The highest BCUT2D eigenvalue weighted by Gasteiger charge is 2.23. The minimum atomic E-state index is -0.634. The first-order valence-corrected chi connectivity index (χ1v) is 8.98. The van der Waals surface area contributed by atoms with Crippen molar-refractivity contribution in [2.45, 2.75) is 52.0 Å². The Hall–Kier alpha value is -1.17. The van der Waals surface area contributed by atoms with Crippen molar-refractivity contribution in [3.05, 3.63) is 11.4 Å². The average Bonchev–Trinajstić information content (AvgIpc) is 2.42. The summed E-state index contributed by atoms with van der Waals surface area (Å²) in [5.41, 5.74) is 0.946. The summed E-state index contributed by atoms with van der Waals surface area (Å²) in [6.45, 7) is 8.38. The number of anilines is 2. The van der Waals surface area contributed by atoms with Crippen LogP contribution in [0.3, 0.4) is 0 Å². The standard InChI is InChI=1S/C15H26N4OS/c1-10-12(16-5)18-14(15(2,3)4)19-13(10)17-11-6-8-21(20)9-7-11/h11H,6-9H2,1-5H3,(H2,16,17,18,19).